The number of carbonyl (C=O) groups is 1. The monoisotopic (exact) mass is 280 g/mol. The predicted molar refractivity (Wildman–Crippen MR) is 74.4 cm³/mol. The third kappa shape index (κ3) is 3.83. The minimum absolute atomic E-state index is 0.117. The molecule has 1 unspecified atom stereocenters. The van der Waals surface area contributed by atoms with Crippen LogP contribution in [0.4, 0.5) is 5.69 Å². The fourth-order valence-electron chi connectivity index (χ4n) is 1.60. The molecule has 0 saturated heterocycles. The van der Waals surface area contributed by atoms with Crippen LogP contribution in [0.15, 0.2) is 35.5 Å². The largest absolute Gasteiger partial charge is 0.469 e. The van der Waals surface area contributed by atoms with E-state index < -0.39 is 5.92 Å². The van der Waals surface area contributed by atoms with Crippen LogP contribution in [0.5, 0.6) is 0 Å². The second-order valence-corrected chi connectivity index (χ2v) is 4.08. The van der Waals surface area contributed by atoms with Crippen molar-refractivity contribution in [1.82, 2.24) is 0 Å². The van der Waals surface area contributed by atoms with E-state index in [1.165, 1.54) is 7.11 Å². The summed E-state index contributed by atoms with van der Waals surface area (Å²) in [5.41, 5.74) is 0.893. The Morgan fingerprint density at radius 2 is 1.71 bits per heavy atom. The smallest absolute Gasteiger partial charge is 0.312 e. The predicted octanol–water partition coefficient (Wildman–Crippen LogP) is 2.20. The average Bonchev–Trinajstić information content (AvgIpc) is 2.54. The van der Waals surface area contributed by atoms with Crippen LogP contribution in [0.25, 0.3) is 0 Å². The molecular weight excluding hydrogens is 268 g/mol. The van der Waals surface area contributed by atoms with Gasteiger partial charge in [-0.1, -0.05) is 12.1 Å². The SMILES string of the molecule is COC(=O)C(C)c1ccc(NC(C#N)=C(C#N)C#N)cc1. The third-order valence-electron chi connectivity index (χ3n) is 2.82. The molecule has 1 N–H and O–H groups in total. The Hall–Kier alpha value is -3.30. The summed E-state index contributed by atoms with van der Waals surface area (Å²) in [6.07, 6.45) is 0. The maximum absolute atomic E-state index is 11.4. The lowest BCUT2D eigenvalue weighted by atomic mass is 10.0. The van der Waals surface area contributed by atoms with E-state index in [0.717, 1.165) is 5.56 Å². The maximum atomic E-state index is 11.4. The van der Waals surface area contributed by atoms with Gasteiger partial charge in [-0.3, -0.25) is 4.79 Å². The molecule has 0 aromatic heterocycles. The molecule has 0 saturated carbocycles. The quantitative estimate of drug-likeness (QED) is 0.668. The Bertz CT molecular complexity index is 668. The van der Waals surface area contributed by atoms with Gasteiger partial charge in [0, 0.05) is 5.69 Å². The number of ether oxygens (including phenoxy) is 1. The standard InChI is InChI=1S/C15H12N4O2/c1-10(15(20)21-2)11-3-5-13(6-4-11)19-14(9-18)12(7-16)8-17/h3-6,10,19H,1-2H3. The molecule has 0 bridgehead atoms. The van der Waals surface area contributed by atoms with Crippen LogP contribution in [0.1, 0.15) is 18.4 Å². The van der Waals surface area contributed by atoms with E-state index in [2.05, 4.69) is 10.1 Å². The van der Waals surface area contributed by atoms with Crippen molar-refractivity contribution >= 4 is 11.7 Å². The van der Waals surface area contributed by atoms with Gasteiger partial charge < -0.3 is 10.1 Å². The second kappa shape index (κ2) is 7.33. The van der Waals surface area contributed by atoms with Crippen molar-refractivity contribution in [2.75, 3.05) is 12.4 Å². The van der Waals surface area contributed by atoms with Crippen LogP contribution in [-0.2, 0) is 9.53 Å². The van der Waals surface area contributed by atoms with Gasteiger partial charge in [-0.2, -0.15) is 15.8 Å². The lowest BCUT2D eigenvalue weighted by molar-refractivity contribution is -0.141. The first-order chi connectivity index (χ1) is 10.1. The fraction of sp³-hybridized carbons (Fsp3) is 0.200. The van der Waals surface area contributed by atoms with Gasteiger partial charge in [-0.25, -0.2) is 0 Å². The number of hydrogen-bond acceptors (Lipinski definition) is 6. The number of rotatable bonds is 4. The van der Waals surface area contributed by atoms with Gasteiger partial charge in [0.15, 0.2) is 5.57 Å². The molecule has 1 aromatic rings. The van der Waals surface area contributed by atoms with Crippen molar-refractivity contribution in [3.63, 3.8) is 0 Å². The summed E-state index contributed by atoms with van der Waals surface area (Å²) in [7, 11) is 1.32. The molecule has 0 aliphatic heterocycles. The maximum Gasteiger partial charge on any atom is 0.312 e. The number of nitrogens with zero attached hydrogens (tertiary/aromatic N) is 3. The van der Waals surface area contributed by atoms with Crippen molar-refractivity contribution < 1.29 is 9.53 Å². The van der Waals surface area contributed by atoms with Crippen LogP contribution < -0.4 is 5.32 Å². The molecule has 0 aliphatic carbocycles. The van der Waals surface area contributed by atoms with Crippen LogP contribution >= 0.6 is 0 Å². The van der Waals surface area contributed by atoms with E-state index in [-0.39, 0.29) is 17.2 Å². The Kier molecular flexibility index (Phi) is 5.50. The summed E-state index contributed by atoms with van der Waals surface area (Å²) in [4.78, 5) is 11.4. The number of carbonyl (C=O) groups excluding carboxylic acids is 1. The highest BCUT2D eigenvalue weighted by Gasteiger charge is 2.15. The zero-order chi connectivity index (χ0) is 15.8. The number of nitrogens with one attached hydrogen (secondary N) is 1. The third-order valence-corrected chi connectivity index (χ3v) is 2.82. The van der Waals surface area contributed by atoms with Gasteiger partial charge in [0.25, 0.3) is 0 Å². The minimum atomic E-state index is -0.399. The van der Waals surface area contributed by atoms with Gasteiger partial charge in [0.1, 0.15) is 23.9 Å². The summed E-state index contributed by atoms with van der Waals surface area (Å²) in [6.45, 7) is 1.72. The molecule has 6 heteroatoms. The molecule has 1 rings (SSSR count). The number of allylic oxidation sites excluding steroid dienone is 2. The molecule has 0 aliphatic rings. The zero-order valence-corrected chi connectivity index (χ0v) is 11.5. The van der Waals surface area contributed by atoms with Gasteiger partial charge in [0.2, 0.25) is 0 Å². The van der Waals surface area contributed by atoms with Crippen LogP contribution in [0.3, 0.4) is 0 Å². The van der Waals surface area contributed by atoms with Crippen molar-refractivity contribution in [2.24, 2.45) is 0 Å². The summed E-state index contributed by atoms with van der Waals surface area (Å²) < 4.78 is 4.66. The Morgan fingerprint density at radius 1 is 1.14 bits per heavy atom. The van der Waals surface area contributed by atoms with Crippen molar-refractivity contribution in [1.29, 1.82) is 15.8 Å². The number of hydrogen-bond donors (Lipinski definition) is 1. The van der Waals surface area contributed by atoms with Gasteiger partial charge in [-0.05, 0) is 24.6 Å². The summed E-state index contributed by atoms with van der Waals surface area (Å²) in [6, 6.07) is 11.8. The van der Waals surface area contributed by atoms with Crippen molar-refractivity contribution in [3.05, 3.63) is 41.1 Å². The number of benzene rings is 1. The fourth-order valence-corrected chi connectivity index (χ4v) is 1.60. The average molecular weight is 280 g/mol. The van der Waals surface area contributed by atoms with E-state index in [9.17, 15) is 4.79 Å². The van der Waals surface area contributed by atoms with E-state index in [1.807, 2.05) is 0 Å². The Labute approximate surface area is 122 Å². The molecule has 0 fully saturated rings. The molecular formula is C15H12N4O2. The molecule has 21 heavy (non-hydrogen) atoms. The van der Waals surface area contributed by atoms with Crippen LogP contribution in [0.2, 0.25) is 0 Å². The van der Waals surface area contributed by atoms with E-state index in [1.54, 1.807) is 49.4 Å². The first kappa shape index (κ1) is 15.8. The molecule has 0 heterocycles. The number of anilines is 1. The highest BCUT2D eigenvalue weighted by molar-refractivity contribution is 5.77. The van der Waals surface area contributed by atoms with E-state index >= 15 is 0 Å². The summed E-state index contributed by atoms with van der Waals surface area (Å²) >= 11 is 0. The lowest BCUT2D eigenvalue weighted by Gasteiger charge is -2.10. The van der Waals surface area contributed by atoms with Gasteiger partial charge in [0.05, 0.1) is 13.0 Å². The molecule has 1 atom stereocenters. The molecule has 0 amide bonds. The van der Waals surface area contributed by atoms with Crippen LogP contribution in [0, 0.1) is 34.0 Å². The first-order valence-electron chi connectivity index (χ1n) is 5.96. The highest BCUT2D eigenvalue weighted by atomic mass is 16.5. The minimum Gasteiger partial charge on any atom is -0.469 e. The van der Waals surface area contributed by atoms with Gasteiger partial charge in [-0.15, -0.1) is 0 Å². The zero-order valence-electron chi connectivity index (χ0n) is 11.5. The van der Waals surface area contributed by atoms with Crippen molar-refractivity contribution in [2.45, 2.75) is 12.8 Å². The van der Waals surface area contributed by atoms with Crippen molar-refractivity contribution in [3.8, 4) is 18.2 Å². The molecule has 0 spiro atoms. The Balaban J connectivity index is 2.98. The highest BCUT2D eigenvalue weighted by Crippen LogP contribution is 2.20. The van der Waals surface area contributed by atoms with Crippen LogP contribution in [-0.4, -0.2) is 13.1 Å². The summed E-state index contributed by atoms with van der Waals surface area (Å²) in [5, 5.41) is 29.1. The topological polar surface area (TPSA) is 110 Å². The second-order valence-electron chi connectivity index (χ2n) is 4.08. The molecule has 6 nitrogen and oxygen atoms in total. The molecule has 1 aromatic carbocycles. The van der Waals surface area contributed by atoms with E-state index in [4.69, 9.17) is 15.8 Å². The molecule has 0 radical (unpaired) electrons. The number of esters is 1. The number of nitriles is 3. The summed E-state index contributed by atoms with van der Waals surface area (Å²) in [5.74, 6) is -0.742. The van der Waals surface area contributed by atoms with Gasteiger partial charge >= 0.3 is 5.97 Å². The normalized spacial score (nSPS) is 10.2. The number of methoxy groups -OCH3 is 1. The molecule has 104 valence electrons. The lowest BCUT2D eigenvalue weighted by Crippen LogP contribution is -2.10. The first-order valence-corrected chi connectivity index (χ1v) is 5.96. The Morgan fingerprint density at radius 3 is 2.14 bits per heavy atom. The van der Waals surface area contributed by atoms with E-state index in [0.29, 0.717) is 5.69 Å².